The topological polar surface area (TPSA) is 70.2 Å². The number of benzene rings is 1. The zero-order valence-corrected chi connectivity index (χ0v) is 8.36. The highest BCUT2D eigenvalue weighted by molar-refractivity contribution is 6.13. The Bertz CT molecular complexity index is 612. The molecule has 1 atom stereocenters. The van der Waals surface area contributed by atoms with Crippen molar-refractivity contribution in [3.8, 4) is 0 Å². The largest absolute Gasteiger partial charge is 0.481 e. The van der Waals surface area contributed by atoms with Gasteiger partial charge in [0, 0.05) is 29.1 Å². The first-order valence-corrected chi connectivity index (χ1v) is 5.04. The third-order valence-electron chi connectivity index (χ3n) is 3.10. The predicted molar refractivity (Wildman–Crippen MR) is 57.6 cm³/mol. The van der Waals surface area contributed by atoms with Crippen LogP contribution in [0, 0.1) is 0 Å². The lowest BCUT2D eigenvalue weighted by Gasteiger charge is -2.17. The molecule has 0 radical (unpaired) electrons. The molecule has 4 heteroatoms. The molecule has 16 heavy (non-hydrogen) atoms. The molecular weight excluding hydrogens is 206 g/mol. The summed E-state index contributed by atoms with van der Waals surface area (Å²) in [5.41, 5.74) is 2.18. The van der Waals surface area contributed by atoms with Crippen molar-refractivity contribution in [2.75, 3.05) is 0 Å². The van der Waals surface area contributed by atoms with E-state index in [0.717, 1.165) is 16.5 Å². The van der Waals surface area contributed by atoms with Gasteiger partial charge in [-0.2, -0.15) is 0 Å². The molecule has 0 saturated heterocycles. The Morgan fingerprint density at radius 3 is 3.00 bits per heavy atom. The average Bonchev–Trinajstić information content (AvgIpc) is 2.68. The van der Waals surface area contributed by atoms with Crippen LogP contribution < -0.4 is 0 Å². The van der Waals surface area contributed by atoms with E-state index in [4.69, 9.17) is 5.11 Å². The van der Waals surface area contributed by atoms with E-state index in [2.05, 4.69) is 4.98 Å². The molecule has 1 aliphatic carbocycles. The number of Topliss-reactive ketones (excluding diaryl/α,β-unsaturated/α-hetero) is 1. The Labute approximate surface area is 90.9 Å². The summed E-state index contributed by atoms with van der Waals surface area (Å²) in [4.78, 5) is 25.9. The molecule has 0 aliphatic heterocycles. The molecule has 0 saturated carbocycles. The zero-order valence-electron chi connectivity index (χ0n) is 8.36. The van der Waals surface area contributed by atoms with Gasteiger partial charge in [-0.25, -0.2) is 0 Å². The second-order valence-electron chi connectivity index (χ2n) is 3.99. The summed E-state index contributed by atoms with van der Waals surface area (Å²) >= 11 is 0. The molecule has 2 aromatic rings. The number of ketones is 1. The van der Waals surface area contributed by atoms with Gasteiger partial charge in [0.05, 0.1) is 5.92 Å². The molecular formula is C12H9NO3. The highest BCUT2D eigenvalue weighted by Gasteiger charge is 2.32. The number of aromatic amines is 1. The molecule has 2 N–H and O–H groups in total. The van der Waals surface area contributed by atoms with Gasteiger partial charge < -0.3 is 10.1 Å². The molecule has 80 valence electrons. The number of carboxylic acids is 1. The Kier molecular flexibility index (Phi) is 1.68. The number of aliphatic carboxylic acids is 1. The number of carbonyl (C=O) groups is 2. The molecule has 1 heterocycles. The molecule has 1 unspecified atom stereocenters. The molecule has 0 spiro atoms. The quantitative estimate of drug-likeness (QED) is 0.763. The van der Waals surface area contributed by atoms with Crippen LogP contribution >= 0.6 is 0 Å². The monoisotopic (exact) mass is 215 g/mol. The van der Waals surface area contributed by atoms with Crippen molar-refractivity contribution in [1.29, 1.82) is 0 Å². The summed E-state index contributed by atoms with van der Waals surface area (Å²) in [6.45, 7) is 0. The minimum Gasteiger partial charge on any atom is -0.481 e. The number of carbonyl (C=O) groups excluding carboxylic acids is 1. The van der Waals surface area contributed by atoms with Gasteiger partial charge in [-0.05, 0) is 11.6 Å². The van der Waals surface area contributed by atoms with Gasteiger partial charge in [-0.15, -0.1) is 0 Å². The van der Waals surface area contributed by atoms with Crippen molar-refractivity contribution >= 4 is 22.7 Å². The predicted octanol–water partition coefficient (Wildman–Crippen LogP) is 1.92. The fraction of sp³-hybridized carbons (Fsp3) is 0.167. The number of rotatable bonds is 1. The van der Waals surface area contributed by atoms with Crippen molar-refractivity contribution in [2.24, 2.45) is 0 Å². The summed E-state index contributed by atoms with van der Waals surface area (Å²) in [5, 5.41) is 9.86. The summed E-state index contributed by atoms with van der Waals surface area (Å²) in [6, 6.07) is 5.40. The van der Waals surface area contributed by atoms with E-state index in [1.165, 1.54) is 0 Å². The summed E-state index contributed by atoms with van der Waals surface area (Å²) in [6.07, 6.45) is 1.75. The summed E-state index contributed by atoms with van der Waals surface area (Å²) in [7, 11) is 0. The van der Waals surface area contributed by atoms with Crippen LogP contribution in [0.25, 0.3) is 10.9 Å². The molecule has 0 amide bonds. The number of hydrogen-bond acceptors (Lipinski definition) is 2. The first-order chi connectivity index (χ1) is 7.68. The number of hydrogen-bond donors (Lipinski definition) is 2. The lowest BCUT2D eigenvalue weighted by atomic mass is 9.84. The van der Waals surface area contributed by atoms with E-state index in [1.54, 1.807) is 18.3 Å². The third-order valence-corrected chi connectivity index (χ3v) is 3.10. The normalized spacial score (nSPS) is 19.0. The Hall–Kier alpha value is -2.10. The van der Waals surface area contributed by atoms with Crippen LogP contribution in [-0.2, 0) is 4.79 Å². The van der Waals surface area contributed by atoms with Crippen LogP contribution in [0.2, 0.25) is 0 Å². The van der Waals surface area contributed by atoms with E-state index in [1.807, 2.05) is 6.07 Å². The van der Waals surface area contributed by atoms with Crippen molar-refractivity contribution in [1.82, 2.24) is 4.98 Å². The van der Waals surface area contributed by atoms with Gasteiger partial charge in [0.1, 0.15) is 0 Å². The SMILES string of the molecule is O=C1CC(C(=O)O)c2c[nH]c3cccc1c23. The van der Waals surface area contributed by atoms with E-state index in [9.17, 15) is 9.59 Å². The molecule has 0 bridgehead atoms. The average molecular weight is 215 g/mol. The van der Waals surface area contributed by atoms with Crippen molar-refractivity contribution in [3.63, 3.8) is 0 Å². The zero-order chi connectivity index (χ0) is 11.3. The minimum absolute atomic E-state index is 0.0549. The van der Waals surface area contributed by atoms with Gasteiger partial charge in [0.2, 0.25) is 0 Å². The second kappa shape index (κ2) is 2.95. The Morgan fingerprint density at radius 2 is 2.25 bits per heavy atom. The maximum Gasteiger partial charge on any atom is 0.311 e. The maximum absolute atomic E-state index is 11.8. The molecule has 1 aliphatic rings. The molecule has 3 rings (SSSR count). The number of H-pyrrole nitrogens is 1. The lowest BCUT2D eigenvalue weighted by Crippen LogP contribution is -2.20. The van der Waals surface area contributed by atoms with E-state index < -0.39 is 11.9 Å². The van der Waals surface area contributed by atoms with Crippen molar-refractivity contribution in [3.05, 3.63) is 35.5 Å². The van der Waals surface area contributed by atoms with Crippen LogP contribution in [0.5, 0.6) is 0 Å². The Morgan fingerprint density at radius 1 is 1.44 bits per heavy atom. The van der Waals surface area contributed by atoms with E-state index in [-0.39, 0.29) is 12.2 Å². The van der Waals surface area contributed by atoms with Crippen molar-refractivity contribution in [2.45, 2.75) is 12.3 Å². The highest BCUT2D eigenvalue weighted by atomic mass is 16.4. The number of carboxylic acid groups (broad SMARTS) is 1. The number of nitrogens with one attached hydrogen (secondary N) is 1. The van der Waals surface area contributed by atoms with Crippen LogP contribution in [-0.4, -0.2) is 21.8 Å². The lowest BCUT2D eigenvalue weighted by molar-refractivity contribution is -0.138. The maximum atomic E-state index is 11.8. The van der Waals surface area contributed by atoms with Gasteiger partial charge in [-0.1, -0.05) is 12.1 Å². The fourth-order valence-electron chi connectivity index (χ4n) is 2.34. The summed E-state index contributed by atoms with van der Waals surface area (Å²) in [5.74, 6) is -1.75. The van der Waals surface area contributed by atoms with Crippen LogP contribution in [0.4, 0.5) is 0 Å². The van der Waals surface area contributed by atoms with Crippen LogP contribution in [0.3, 0.4) is 0 Å². The first-order valence-electron chi connectivity index (χ1n) is 5.04. The third kappa shape index (κ3) is 1.04. The standard InChI is InChI=1S/C12H9NO3/c14-10-4-7(12(15)16)8-5-13-9-3-1-2-6(10)11(8)9/h1-3,5,7,13H,4H2,(H,15,16). The van der Waals surface area contributed by atoms with Gasteiger partial charge in [-0.3, -0.25) is 9.59 Å². The van der Waals surface area contributed by atoms with E-state index in [0.29, 0.717) is 5.56 Å². The van der Waals surface area contributed by atoms with Gasteiger partial charge >= 0.3 is 5.97 Å². The van der Waals surface area contributed by atoms with Crippen molar-refractivity contribution < 1.29 is 14.7 Å². The molecule has 0 fully saturated rings. The van der Waals surface area contributed by atoms with Gasteiger partial charge in [0.25, 0.3) is 0 Å². The molecule has 1 aromatic carbocycles. The summed E-state index contributed by atoms with van der Waals surface area (Å²) < 4.78 is 0. The van der Waals surface area contributed by atoms with Crippen LogP contribution in [0.1, 0.15) is 28.3 Å². The second-order valence-corrected chi connectivity index (χ2v) is 3.99. The fourth-order valence-corrected chi connectivity index (χ4v) is 2.34. The smallest absolute Gasteiger partial charge is 0.311 e. The first kappa shape index (κ1) is 9.15. The van der Waals surface area contributed by atoms with E-state index >= 15 is 0 Å². The number of aromatic nitrogens is 1. The molecule has 4 nitrogen and oxygen atoms in total. The molecule has 1 aromatic heterocycles. The Balaban J connectivity index is 2.38. The van der Waals surface area contributed by atoms with Crippen LogP contribution in [0.15, 0.2) is 24.4 Å². The minimum atomic E-state index is -0.941. The van der Waals surface area contributed by atoms with Gasteiger partial charge in [0.15, 0.2) is 5.78 Å². The highest BCUT2D eigenvalue weighted by Crippen LogP contribution is 2.36.